The lowest BCUT2D eigenvalue weighted by molar-refractivity contribution is -0.144. The average Bonchev–Trinajstić information content (AvgIpc) is 3.82. The van der Waals surface area contributed by atoms with Gasteiger partial charge < -0.3 is 62.6 Å². The van der Waals surface area contributed by atoms with Crippen LogP contribution in [-0.4, -0.2) is 156 Å². The predicted octanol–water partition coefficient (Wildman–Crippen LogP) is -3.74. The molecular formula is C41H56N8O14S. The highest BCUT2D eigenvalue weighted by Crippen LogP contribution is 2.32. The number of hydrogen-bond acceptors (Lipinski definition) is 14. The van der Waals surface area contributed by atoms with Gasteiger partial charge in [-0.05, 0) is 30.0 Å². The van der Waals surface area contributed by atoms with E-state index in [4.69, 9.17) is 5.73 Å². The van der Waals surface area contributed by atoms with Crippen molar-refractivity contribution in [1.82, 2.24) is 36.5 Å². The molecule has 2 aromatic rings. The third kappa shape index (κ3) is 11.7. The number of nitrogens with one attached hydrogen (secondary N) is 6. The number of fused-ring (bicyclic) bond motifs is 5. The molecular weight excluding hydrogens is 861 g/mol. The summed E-state index contributed by atoms with van der Waals surface area (Å²) in [6.45, 7) is 2.18. The molecule has 1 saturated heterocycles. The summed E-state index contributed by atoms with van der Waals surface area (Å²) in [6.07, 6.45) is -5.18. The molecule has 4 heterocycles. The smallest absolute Gasteiger partial charge is 0.246 e. The van der Waals surface area contributed by atoms with E-state index >= 15 is 0 Å². The molecule has 350 valence electrons. The molecule has 1 unspecified atom stereocenters. The van der Waals surface area contributed by atoms with Crippen LogP contribution in [-0.2, 0) is 60.4 Å². The minimum atomic E-state index is -2.34. The van der Waals surface area contributed by atoms with E-state index in [1.54, 1.807) is 13.8 Å². The maximum absolute atomic E-state index is 14.6. The fourth-order valence-corrected chi connectivity index (χ4v) is 9.65. The Hall–Kier alpha value is -5.78. The van der Waals surface area contributed by atoms with Gasteiger partial charge in [0.05, 0.1) is 66.4 Å². The van der Waals surface area contributed by atoms with Crippen molar-refractivity contribution in [3.63, 3.8) is 0 Å². The maximum atomic E-state index is 14.6. The summed E-state index contributed by atoms with van der Waals surface area (Å²) in [5.74, 6) is -13.2. The molecule has 3 aliphatic heterocycles. The molecule has 2 bridgehead atoms. The zero-order valence-corrected chi connectivity index (χ0v) is 36.4. The molecule has 0 radical (unpaired) electrons. The van der Waals surface area contributed by atoms with Gasteiger partial charge in [-0.3, -0.25) is 47.4 Å². The normalized spacial score (nSPS) is 28.8. The number of Topliss-reactive ketones (excluding diaryl/α,β-unsaturated/α-hetero) is 2. The average molecular weight is 917 g/mol. The van der Waals surface area contributed by atoms with Crippen LogP contribution in [0.3, 0.4) is 0 Å². The predicted molar refractivity (Wildman–Crippen MR) is 225 cm³/mol. The number of ketones is 2. The molecule has 7 amide bonds. The standard InChI is InChI=1S/C41H56N8O14S/c1-4-18(2)25-9-22(52)13-43-36(58)20-7-26-24-6-5-21(51)10-27(24)47-40(26)64(63)17-29(45-34(57)14-44-37(25)59)38(60)46-28(12-33(42)56)41(62)49-15-23(53)11-30(49)39(61)48-35(31(54)8-20)19(3)32(55)16-50/h5-6,10,18-20,23,25,28-30,32,35,47,50-51,53,55H,4,7-9,11-17H2,1-3H3,(H2,42,56)(H,43,58)(H,44,59)(H,45,57)(H,46,60)(H,48,61)/t18-,19-,20+,23+,25-,28-,29-,30-,32-,35-,64?/m0/s1. The maximum Gasteiger partial charge on any atom is 0.246 e. The Labute approximate surface area is 369 Å². The van der Waals surface area contributed by atoms with Crippen molar-refractivity contribution < 1.29 is 67.8 Å². The summed E-state index contributed by atoms with van der Waals surface area (Å²) in [5.41, 5.74) is 5.86. The van der Waals surface area contributed by atoms with Gasteiger partial charge in [0.2, 0.25) is 41.4 Å². The van der Waals surface area contributed by atoms with Gasteiger partial charge in [0.15, 0.2) is 11.6 Å². The Morgan fingerprint density at radius 3 is 2.31 bits per heavy atom. The van der Waals surface area contributed by atoms with Crippen LogP contribution in [0.2, 0.25) is 0 Å². The van der Waals surface area contributed by atoms with Crippen molar-refractivity contribution in [3.05, 3.63) is 23.8 Å². The number of phenolic OH excluding ortho intramolecular Hbond substituents is 1. The first-order valence-corrected chi connectivity index (χ1v) is 22.3. The monoisotopic (exact) mass is 916 g/mol. The number of nitrogens with zero attached hydrogens (tertiary/aromatic N) is 1. The number of aromatic hydroxyl groups is 1. The molecule has 5 rings (SSSR count). The van der Waals surface area contributed by atoms with Gasteiger partial charge in [-0.1, -0.05) is 27.2 Å². The van der Waals surface area contributed by atoms with Gasteiger partial charge in [0, 0.05) is 55.0 Å². The van der Waals surface area contributed by atoms with Crippen LogP contribution in [0.4, 0.5) is 0 Å². The zero-order valence-electron chi connectivity index (χ0n) is 35.6. The number of carbonyl (C=O) groups excluding carboxylic acids is 9. The Morgan fingerprint density at radius 1 is 0.938 bits per heavy atom. The zero-order chi connectivity index (χ0) is 47.2. The van der Waals surface area contributed by atoms with Gasteiger partial charge in [-0.25, -0.2) is 0 Å². The van der Waals surface area contributed by atoms with Crippen LogP contribution in [0.1, 0.15) is 58.4 Å². The van der Waals surface area contributed by atoms with E-state index in [-0.39, 0.29) is 34.7 Å². The van der Waals surface area contributed by atoms with E-state index in [1.807, 2.05) is 0 Å². The summed E-state index contributed by atoms with van der Waals surface area (Å²) in [4.78, 5) is 128. The molecule has 11 atom stereocenters. The van der Waals surface area contributed by atoms with E-state index in [9.17, 15) is 67.8 Å². The molecule has 0 saturated carbocycles. The lowest BCUT2D eigenvalue weighted by atomic mass is 9.85. The fraction of sp³-hybridized carbons (Fsp3) is 0.585. The molecule has 3 aliphatic rings. The van der Waals surface area contributed by atoms with Gasteiger partial charge in [-0.15, -0.1) is 0 Å². The van der Waals surface area contributed by atoms with Crippen molar-refractivity contribution in [2.75, 3.05) is 32.0 Å². The van der Waals surface area contributed by atoms with Crippen molar-refractivity contribution in [3.8, 4) is 5.75 Å². The lowest BCUT2D eigenvalue weighted by Gasteiger charge is -2.32. The summed E-state index contributed by atoms with van der Waals surface area (Å²) in [7, 11) is -2.34. The highest BCUT2D eigenvalue weighted by atomic mass is 32.2. The van der Waals surface area contributed by atoms with Crippen LogP contribution in [0.5, 0.6) is 5.75 Å². The third-order valence-electron chi connectivity index (χ3n) is 12.2. The molecule has 1 aromatic heterocycles. The second-order valence-corrected chi connectivity index (χ2v) is 18.2. The summed E-state index contributed by atoms with van der Waals surface area (Å²) >= 11 is 0. The number of rotatable bonds is 7. The molecule has 0 spiro atoms. The number of primary amides is 1. The Kier molecular flexibility index (Phi) is 16.4. The summed E-state index contributed by atoms with van der Waals surface area (Å²) in [5, 5.41) is 54.2. The van der Waals surface area contributed by atoms with E-state index in [1.165, 1.54) is 25.1 Å². The van der Waals surface area contributed by atoms with E-state index < -0.39 is 175 Å². The number of H-pyrrole nitrogens is 1. The minimum Gasteiger partial charge on any atom is -0.508 e. The van der Waals surface area contributed by atoms with Gasteiger partial charge in [0.1, 0.15) is 28.9 Å². The Balaban J connectivity index is 1.73. The number of carbonyl (C=O) groups is 9. The number of amides is 7. The molecule has 1 fully saturated rings. The van der Waals surface area contributed by atoms with Crippen molar-refractivity contribution in [2.24, 2.45) is 29.4 Å². The number of hydrogen-bond donors (Lipinski definition) is 11. The highest BCUT2D eigenvalue weighted by molar-refractivity contribution is 7.85. The lowest BCUT2D eigenvalue weighted by Crippen LogP contribution is -2.60. The number of aromatic nitrogens is 1. The molecule has 0 aliphatic carbocycles. The number of phenols is 1. The number of aromatic amines is 1. The number of nitrogens with two attached hydrogens (primary N) is 1. The molecule has 64 heavy (non-hydrogen) atoms. The molecule has 1 aromatic carbocycles. The van der Waals surface area contributed by atoms with Crippen molar-refractivity contribution >= 4 is 74.6 Å². The Bertz CT molecular complexity index is 2200. The largest absolute Gasteiger partial charge is 0.508 e. The summed E-state index contributed by atoms with van der Waals surface area (Å²) < 4.78 is 14.6. The van der Waals surface area contributed by atoms with Crippen LogP contribution in [0, 0.1) is 23.7 Å². The molecule has 12 N–H and O–H groups in total. The fourth-order valence-electron chi connectivity index (χ4n) is 8.26. The molecule has 23 heteroatoms. The second-order valence-electron chi connectivity index (χ2n) is 16.8. The number of aliphatic hydroxyl groups excluding tert-OH is 3. The quantitative estimate of drug-likeness (QED) is 0.127. The topological polar surface area (TPSA) is 357 Å². The second kappa shape index (κ2) is 21.3. The van der Waals surface area contributed by atoms with E-state index in [2.05, 4.69) is 31.6 Å². The van der Waals surface area contributed by atoms with Crippen LogP contribution in [0.25, 0.3) is 10.9 Å². The van der Waals surface area contributed by atoms with Crippen molar-refractivity contribution in [2.45, 2.75) is 101 Å². The van der Waals surface area contributed by atoms with Crippen LogP contribution in [0.15, 0.2) is 23.2 Å². The highest BCUT2D eigenvalue weighted by Gasteiger charge is 2.45. The minimum absolute atomic E-state index is 0.117. The first kappa shape index (κ1) is 49.2. The SMILES string of the molecule is CC[C@H](C)[C@@H]1CC(=O)CNC(=O)[C@H]2CC(=O)[C@H]([C@@H](C)[C@@H](O)CO)NC(=O)[C@@H]3C[C@@H](O)CN3C(=O)[C@H](CC(N)=O)NC(=O)[C@H](CS(=O)c3[nH]c4cc(O)ccc4c3C2)NC(=O)CNC1=O. The summed E-state index contributed by atoms with van der Waals surface area (Å²) in [6, 6.07) is -2.75. The first-order valence-electron chi connectivity index (χ1n) is 21.0. The van der Waals surface area contributed by atoms with Crippen molar-refractivity contribution in [1.29, 1.82) is 0 Å². The van der Waals surface area contributed by atoms with Gasteiger partial charge >= 0.3 is 0 Å². The number of benzene rings is 1. The van der Waals surface area contributed by atoms with Gasteiger partial charge in [-0.2, -0.15) is 0 Å². The Morgan fingerprint density at radius 2 is 1.64 bits per heavy atom. The molecule has 22 nitrogen and oxygen atoms in total. The third-order valence-corrected chi connectivity index (χ3v) is 13.6. The van der Waals surface area contributed by atoms with E-state index in [0.717, 1.165) is 4.90 Å². The van der Waals surface area contributed by atoms with Gasteiger partial charge in [0.25, 0.3) is 0 Å². The first-order chi connectivity index (χ1) is 30.2. The van der Waals surface area contributed by atoms with Crippen LogP contribution >= 0.6 is 0 Å². The van der Waals surface area contributed by atoms with Crippen LogP contribution < -0.4 is 32.3 Å². The van der Waals surface area contributed by atoms with E-state index in [0.29, 0.717) is 11.8 Å². The number of aliphatic hydroxyl groups is 3.